The summed E-state index contributed by atoms with van der Waals surface area (Å²) in [6, 6.07) is 77.1. The van der Waals surface area contributed by atoms with E-state index in [4.69, 9.17) is 9.97 Å². The predicted molar refractivity (Wildman–Crippen MR) is 226 cm³/mol. The molecule has 0 unspecified atom stereocenters. The standard InChI is InChI=1S/C52H36N2/c1-5-15-37(16-6-1)47-33-48(38-17-7-2-8-18-38)35-49(34-47)40-29-27-39(28-30-40)43-23-13-24-44(31-43)45-25-14-26-46(32-45)52-53-50(41-19-9-3-10-20-41)36-51(54-52)42-21-11-4-12-22-42/h1-36H. The molecule has 0 atom stereocenters. The summed E-state index contributed by atoms with van der Waals surface area (Å²) in [7, 11) is 0. The van der Waals surface area contributed by atoms with Gasteiger partial charge in [0.2, 0.25) is 0 Å². The third-order valence-corrected chi connectivity index (χ3v) is 9.88. The second-order valence-corrected chi connectivity index (χ2v) is 13.5. The van der Waals surface area contributed by atoms with Crippen molar-refractivity contribution in [3.8, 4) is 89.5 Å². The zero-order valence-electron chi connectivity index (χ0n) is 29.7. The van der Waals surface area contributed by atoms with Crippen LogP contribution in [0.5, 0.6) is 0 Å². The smallest absolute Gasteiger partial charge is 0.160 e. The van der Waals surface area contributed by atoms with Gasteiger partial charge >= 0.3 is 0 Å². The first-order chi connectivity index (χ1) is 26.7. The lowest BCUT2D eigenvalue weighted by molar-refractivity contribution is 1.18. The van der Waals surface area contributed by atoms with Crippen LogP contribution in [0.1, 0.15) is 0 Å². The lowest BCUT2D eigenvalue weighted by atomic mass is 9.92. The van der Waals surface area contributed by atoms with Crippen molar-refractivity contribution in [2.24, 2.45) is 0 Å². The largest absolute Gasteiger partial charge is 0.228 e. The van der Waals surface area contributed by atoms with Gasteiger partial charge in [-0.1, -0.05) is 182 Å². The number of hydrogen-bond acceptors (Lipinski definition) is 2. The van der Waals surface area contributed by atoms with Gasteiger partial charge < -0.3 is 0 Å². The van der Waals surface area contributed by atoms with Gasteiger partial charge in [-0.25, -0.2) is 9.97 Å². The molecule has 0 spiro atoms. The highest BCUT2D eigenvalue weighted by Gasteiger charge is 2.13. The first-order valence-electron chi connectivity index (χ1n) is 18.3. The summed E-state index contributed by atoms with van der Waals surface area (Å²) in [5.74, 6) is 0.704. The van der Waals surface area contributed by atoms with Crippen LogP contribution in [0.4, 0.5) is 0 Å². The molecule has 0 radical (unpaired) electrons. The van der Waals surface area contributed by atoms with E-state index in [2.05, 4.69) is 182 Å². The lowest BCUT2D eigenvalue weighted by Gasteiger charge is -2.12. The minimum Gasteiger partial charge on any atom is -0.228 e. The highest BCUT2D eigenvalue weighted by Crippen LogP contribution is 2.35. The Kier molecular flexibility index (Phi) is 8.99. The summed E-state index contributed by atoms with van der Waals surface area (Å²) in [5.41, 5.74) is 16.7. The maximum Gasteiger partial charge on any atom is 0.160 e. The van der Waals surface area contributed by atoms with Crippen molar-refractivity contribution in [3.05, 3.63) is 218 Å². The molecule has 2 nitrogen and oxygen atoms in total. The molecule has 254 valence electrons. The van der Waals surface area contributed by atoms with E-state index in [9.17, 15) is 0 Å². The molecule has 0 N–H and O–H groups in total. The van der Waals surface area contributed by atoms with Crippen LogP contribution in [0.15, 0.2) is 218 Å². The number of benzene rings is 8. The Morgan fingerprint density at radius 1 is 0.185 bits per heavy atom. The van der Waals surface area contributed by atoms with E-state index in [1.165, 1.54) is 44.5 Å². The molecule has 1 heterocycles. The van der Waals surface area contributed by atoms with E-state index in [-0.39, 0.29) is 0 Å². The first kappa shape index (κ1) is 32.7. The van der Waals surface area contributed by atoms with Crippen molar-refractivity contribution in [3.63, 3.8) is 0 Å². The molecule has 0 aliphatic rings. The number of hydrogen-bond donors (Lipinski definition) is 0. The third-order valence-electron chi connectivity index (χ3n) is 9.88. The molecule has 0 saturated heterocycles. The van der Waals surface area contributed by atoms with Crippen LogP contribution in [0, 0.1) is 0 Å². The molecule has 0 amide bonds. The third kappa shape index (κ3) is 7.01. The Labute approximate surface area is 316 Å². The van der Waals surface area contributed by atoms with Crippen molar-refractivity contribution < 1.29 is 0 Å². The van der Waals surface area contributed by atoms with E-state index < -0.39 is 0 Å². The van der Waals surface area contributed by atoms with E-state index in [1.54, 1.807) is 0 Å². The normalized spacial score (nSPS) is 11.0. The molecule has 0 saturated carbocycles. The van der Waals surface area contributed by atoms with Crippen LogP contribution in [-0.2, 0) is 0 Å². The fourth-order valence-corrected chi connectivity index (χ4v) is 7.05. The Balaban J connectivity index is 1.04. The van der Waals surface area contributed by atoms with E-state index in [0.29, 0.717) is 5.82 Å². The van der Waals surface area contributed by atoms with Crippen LogP contribution in [0.3, 0.4) is 0 Å². The van der Waals surface area contributed by atoms with Crippen LogP contribution in [0.25, 0.3) is 89.5 Å². The van der Waals surface area contributed by atoms with Gasteiger partial charge in [0, 0.05) is 16.7 Å². The quantitative estimate of drug-likeness (QED) is 0.159. The van der Waals surface area contributed by atoms with Gasteiger partial charge in [0.1, 0.15) is 0 Å². The van der Waals surface area contributed by atoms with Crippen molar-refractivity contribution in [1.29, 1.82) is 0 Å². The van der Waals surface area contributed by atoms with Crippen LogP contribution in [-0.4, -0.2) is 9.97 Å². The fourth-order valence-electron chi connectivity index (χ4n) is 7.05. The second kappa shape index (κ2) is 14.8. The number of rotatable bonds is 8. The molecule has 0 aliphatic carbocycles. The summed E-state index contributed by atoms with van der Waals surface area (Å²) in [6.07, 6.45) is 0. The highest BCUT2D eigenvalue weighted by atomic mass is 14.9. The second-order valence-electron chi connectivity index (χ2n) is 13.5. The summed E-state index contributed by atoms with van der Waals surface area (Å²) in [6.45, 7) is 0. The van der Waals surface area contributed by atoms with Gasteiger partial charge in [0.05, 0.1) is 11.4 Å². The minimum absolute atomic E-state index is 0.704. The van der Waals surface area contributed by atoms with E-state index >= 15 is 0 Å². The zero-order valence-corrected chi connectivity index (χ0v) is 29.7. The van der Waals surface area contributed by atoms with Gasteiger partial charge in [0.25, 0.3) is 0 Å². The predicted octanol–water partition coefficient (Wildman–Crippen LogP) is 13.8. The van der Waals surface area contributed by atoms with Crippen molar-refractivity contribution in [2.45, 2.75) is 0 Å². The van der Waals surface area contributed by atoms with Crippen molar-refractivity contribution in [1.82, 2.24) is 9.97 Å². The van der Waals surface area contributed by atoms with Gasteiger partial charge in [0.15, 0.2) is 5.82 Å². The highest BCUT2D eigenvalue weighted by molar-refractivity contribution is 5.83. The Bertz CT molecular complexity index is 2550. The van der Waals surface area contributed by atoms with Gasteiger partial charge in [-0.3, -0.25) is 0 Å². The Morgan fingerprint density at radius 3 is 0.889 bits per heavy atom. The minimum atomic E-state index is 0.704. The topological polar surface area (TPSA) is 25.8 Å². The molecule has 8 aromatic carbocycles. The summed E-state index contributed by atoms with van der Waals surface area (Å²) in [5, 5.41) is 0. The first-order valence-corrected chi connectivity index (χ1v) is 18.3. The molecule has 0 fully saturated rings. The molecule has 9 aromatic rings. The summed E-state index contributed by atoms with van der Waals surface area (Å²) >= 11 is 0. The average molecular weight is 689 g/mol. The molecule has 54 heavy (non-hydrogen) atoms. The van der Waals surface area contributed by atoms with E-state index in [1.807, 2.05) is 36.4 Å². The monoisotopic (exact) mass is 688 g/mol. The Hall–Kier alpha value is -7.16. The SMILES string of the molecule is c1ccc(-c2cc(-c3ccccc3)cc(-c3ccc(-c4cccc(-c5cccc(-c6nc(-c7ccccc7)cc(-c7ccccc7)n6)c5)c4)cc3)c2)cc1. The number of aromatic nitrogens is 2. The van der Waals surface area contributed by atoms with Gasteiger partial charge in [-0.05, 0) is 92.0 Å². The fraction of sp³-hybridized carbons (Fsp3) is 0. The molecular weight excluding hydrogens is 653 g/mol. The van der Waals surface area contributed by atoms with Crippen LogP contribution < -0.4 is 0 Å². The van der Waals surface area contributed by atoms with E-state index in [0.717, 1.165) is 39.2 Å². The summed E-state index contributed by atoms with van der Waals surface area (Å²) < 4.78 is 0. The van der Waals surface area contributed by atoms with Crippen molar-refractivity contribution in [2.75, 3.05) is 0 Å². The van der Waals surface area contributed by atoms with Crippen LogP contribution in [0.2, 0.25) is 0 Å². The molecule has 0 bridgehead atoms. The zero-order chi connectivity index (χ0) is 36.1. The van der Waals surface area contributed by atoms with Crippen molar-refractivity contribution >= 4 is 0 Å². The van der Waals surface area contributed by atoms with Crippen LogP contribution >= 0.6 is 0 Å². The molecule has 9 rings (SSSR count). The molecule has 0 aliphatic heterocycles. The molecule has 1 aromatic heterocycles. The Morgan fingerprint density at radius 2 is 0.463 bits per heavy atom. The molecule has 2 heteroatoms. The molecular formula is C52H36N2. The lowest BCUT2D eigenvalue weighted by Crippen LogP contribution is -1.96. The maximum absolute atomic E-state index is 5.07. The van der Waals surface area contributed by atoms with Gasteiger partial charge in [-0.2, -0.15) is 0 Å². The maximum atomic E-state index is 5.07. The number of nitrogens with zero attached hydrogens (tertiary/aromatic N) is 2. The van der Waals surface area contributed by atoms with Gasteiger partial charge in [-0.15, -0.1) is 0 Å². The average Bonchev–Trinajstić information content (AvgIpc) is 3.27. The summed E-state index contributed by atoms with van der Waals surface area (Å²) in [4.78, 5) is 10.1.